The maximum absolute atomic E-state index is 13.7. The molecular weight excluding hydrogens is 552 g/mol. The summed E-state index contributed by atoms with van der Waals surface area (Å²) in [6, 6.07) is 6.69. The van der Waals surface area contributed by atoms with E-state index < -0.39 is 23.5 Å². The second kappa shape index (κ2) is 12.7. The fourth-order valence-corrected chi connectivity index (χ4v) is 6.06. The minimum atomic E-state index is -4.56. The molecule has 2 aromatic rings. The number of nitrogens with two attached hydrogens (primary N) is 1. The van der Waals surface area contributed by atoms with Crippen LogP contribution in [0.5, 0.6) is 0 Å². The fourth-order valence-electron chi connectivity index (χ4n) is 4.87. The smallest absolute Gasteiger partial charge is 0.402 e. The van der Waals surface area contributed by atoms with Gasteiger partial charge in [0.15, 0.2) is 5.84 Å². The number of nitrogens with zero attached hydrogens (tertiary/aromatic N) is 4. The molecule has 1 aliphatic carbocycles. The summed E-state index contributed by atoms with van der Waals surface area (Å²) in [5.74, 6) is 0.0924. The van der Waals surface area contributed by atoms with Crippen LogP contribution in [0.3, 0.4) is 0 Å². The maximum Gasteiger partial charge on any atom is 0.419 e. The highest BCUT2D eigenvalue weighted by Crippen LogP contribution is 2.37. The van der Waals surface area contributed by atoms with E-state index in [9.17, 15) is 26.3 Å². The van der Waals surface area contributed by atoms with Crippen LogP contribution < -0.4 is 10.6 Å². The van der Waals surface area contributed by atoms with Gasteiger partial charge in [-0.3, -0.25) is 0 Å². The van der Waals surface area contributed by atoms with Gasteiger partial charge in [-0.2, -0.15) is 26.3 Å². The first-order valence-corrected chi connectivity index (χ1v) is 14.0. The molecule has 1 saturated carbocycles. The monoisotopic (exact) mass is 583 g/mol. The Balaban J connectivity index is 1.65. The van der Waals surface area contributed by atoms with Crippen molar-refractivity contribution in [1.82, 2.24) is 4.98 Å². The number of halogens is 6. The molecule has 0 bridgehead atoms. The van der Waals surface area contributed by atoms with E-state index in [2.05, 4.69) is 9.98 Å². The number of anilines is 1. The molecule has 12 heteroatoms. The van der Waals surface area contributed by atoms with Crippen LogP contribution in [0.1, 0.15) is 63.0 Å². The van der Waals surface area contributed by atoms with Crippen LogP contribution in [0.4, 0.5) is 37.8 Å². The average Bonchev–Trinajstić information content (AvgIpc) is 3.09. The molecule has 1 aromatic heterocycles. The van der Waals surface area contributed by atoms with Gasteiger partial charge < -0.3 is 10.6 Å². The Bertz CT molecular complexity index is 1260. The van der Waals surface area contributed by atoms with Crippen molar-refractivity contribution in [1.29, 1.82) is 0 Å². The van der Waals surface area contributed by atoms with Crippen molar-refractivity contribution < 1.29 is 26.3 Å². The minimum Gasteiger partial charge on any atom is -0.402 e. The zero-order chi connectivity index (χ0) is 28.9. The number of benzene rings is 1. The summed E-state index contributed by atoms with van der Waals surface area (Å²) >= 11 is 1.65. The van der Waals surface area contributed by atoms with Crippen molar-refractivity contribution in [2.75, 3.05) is 18.0 Å². The number of aliphatic imine (C=N–C) groups is 2. The number of pyridine rings is 1. The molecule has 216 valence electrons. The van der Waals surface area contributed by atoms with Gasteiger partial charge in [-0.1, -0.05) is 19.3 Å². The molecule has 0 radical (unpaired) electrons. The zero-order valence-corrected chi connectivity index (χ0v) is 22.8. The Morgan fingerprint density at radius 2 is 1.62 bits per heavy atom. The van der Waals surface area contributed by atoms with Crippen LogP contribution in [0.25, 0.3) is 0 Å². The molecule has 0 unspecified atom stereocenters. The summed E-state index contributed by atoms with van der Waals surface area (Å²) in [6.45, 7) is 2.26. The molecule has 0 atom stereocenters. The molecule has 2 aliphatic rings. The highest BCUT2D eigenvalue weighted by Gasteiger charge is 2.36. The largest absolute Gasteiger partial charge is 0.419 e. The van der Waals surface area contributed by atoms with Crippen molar-refractivity contribution in [2.45, 2.75) is 69.5 Å². The van der Waals surface area contributed by atoms with Crippen LogP contribution in [-0.2, 0) is 12.4 Å². The highest BCUT2D eigenvalue weighted by molar-refractivity contribution is 8.14. The van der Waals surface area contributed by atoms with E-state index in [1.54, 1.807) is 16.7 Å². The molecule has 4 rings (SSSR count). The van der Waals surface area contributed by atoms with E-state index in [1.165, 1.54) is 30.8 Å². The van der Waals surface area contributed by atoms with E-state index in [0.29, 0.717) is 16.5 Å². The van der Waals surface area contributed by atoms with Crippen molar-refractivity contribution in [3.63, 3.8) is 0 Å². The van der Waals surface area contributed by atoms with Crippen LogP contribution in [0.15, 0.2) is 63.8 Å². The maximum atomic E-state index is 13.7. The van der Waals surface area contributed by atoms with Gasteiger partial charge in [0.2, 0.25) is 0 Å². The molecule has 1 aliphatic heterocycles. The standard InChI is InChI=1S/C28H31F6N5S/c1-18(40-21-6-3-2-4-7-21)37-25(38-20-11-9-19(10-12-20)27(29,30)31)22-13-16-39(17-14-24(22)35)26-23(28(32,33)34)8-5-15-36-26/h5,8-12,15,21H,2-4,6-7,13-14,16-17,35H2,1H3. The first-order valence-electron chi connectivity index (χ1n) is 13.1. The molecule has 0 spiro atoms. The van der Waals surface area contributed by atoms with Crippen molar-refractivity contribution in [3.05, 3.63) is 65.0 Å². The average molecular weight is 584 g/mol. The second-order valence-corrected chi connectivity index (χ2v) is 11.3. The predicted molar refractivity (Wildman–Crippen MR) is 148 cm³/mol. The van der Waals surface area contributed by atoms with E-state index in [1.807, 2.05) is 6.92 Å². The third-order valence-corrected chi connectivity index (χ3v) is 8.15. The van der Waals surface area contributed by atoms with Crippen LogP contribution in [-0.4, -0.2) is 34.2 Å². The van der Waals surface area contributed by atoms with Gasteiger partial charge in [0.05, 0.1) is 21.9 Å². The molecule has 40 heavy (non-hydrogen) atoms. The van der Waals surface area contributed by atoms with E-state index in [0.717, 1.165) is 48.9 Å². The molecule has 0 amide bonds. The molecule has 0 saturated heterocycles. The molecule has 1 aromatic carbocycles. The van der Waals surface area contributed by atoms with Crippen molar-refractivity contribution in [3.8, 4) is 0 Å². The van der Waals surface area contributed by atoms with Gasteiger partial charge in [-0.05, 0) is 62.6 Å². The van der Waals surface area contributed by atoms with Gasteiger partial charge in [-0.25, -0.2) is 15.0 Å². The third kappa shape index (κ3) is 7.80. The summed E-state index contributed by atoms with van der Waals surface area (Å²) in [6.07, 6.45) is -1.57. The van der Waals surface area contributed by atoms with E-state index in [4.69, 9.17) is 10.7 Å². The number of hydrogen-bond donors (Lipinski definition) is 1. The summed E-state index contributed by atoms with van der Waals surface area (Å²) in [5.41, 5.74) is 6.09. The Labute approximate surface area is 233 Å². The number of aromatic nitrogens is 1. The topological polar surface area (TPSA) is 66.9 Å². The third-order valence-electron chi connectivity index (χ3n) is 6.91. The number of thioether (sulfide) groups is 1. The van der Waals surface area contributed by atoms with Gasteiger partial charge >= 0.3 is 12.4 Å². The van der Waals surface area contributed by atoms with Crippen molar-refractivity contribution in [2.24, 2.45) is 15.7 Å². The van der Waals surface area contributed by atoms with Gasteiger partial charge in [0, 0.05) is 42.2 Å². The fraction of sp³-hybridized carbons (Fsp3) is 0.464. The summed E-state index contributed by atoms with van der Waals surface area (Å²) < 4.78 is 80.2. The summed E-state index contributed by atoms with van der Waals surface area (Å²) in [5, 5.41) is 1.17. The number of hydrogen-bond acceptors (Lipinski definition) is 5. The van der Waals surface area contributed by atoms with Gasteiger partial charge in [0.1, 0.15) is 5.82 Å². The molecule has 5 nitrogen and oxygen atoms in total. The quantitative estimate of drug-likeness (QED) is 0.224. The first-order chi connectivity index (χ1) is 18.9. The minimum absolute atomic E-state index is 0.169. The lowest BCUT2D eigenvalue weighted by Crippen LogP contribution is -2.28. The molecule has 2 N–H and O–H groups in total. The molecule has 2 heterocycles. The van der Waals surface area contributed by atoms with Gasteiger partial charge in [-0.15, -0.1) is 11.8 Å². The van der Waals surface area contributed by atoms with Crippen molar-refractivity contribution >= 4 is 34.1 Å². The van der Waals surface area contributed by atoms with Crippen LogP contribution >= 0.6 is 11.8 Å². The molecule has 1 fully saturated rings. The first kappa shape index (κ1) is 30.0. The van der Waals surface area contributed by atoms with E-state index in [-0.39, 0.29) is 43.3 Å². The Hall–Kier alpha value is -3.02. The van der Waals surface area contributed by atoms with Crippen LogP contribution in [0, 0.1) is 0 Å². The second-order valence-electron chi connectivity index (χ2n) is 9.85. The highest BCUT2D eigenvalue weighted by atomic mass is 32.2. The Morgan fingerprint density at radius 3 is 2.27 bits per heavy atom. The van der Waals surface area contributed by atoms with Crippen LogP contribution in [0.2, 0.25) is 0 Å². The Kier molecular flexibility index (Phi) is 9.48. The zero-order valence-electron chi connectivity index (χ0n) is 22.0. The number of alkyl halides is 6. The normalized spacial score (nSPS) is 18.7. The predicted octanol–water partition coefficient (Wildman–Crippen LogP) is 8.15. The summed E-state index contributed by atoms with van der Waals surface area (Å²) in [4.78, 5) is 14.9. The van der Waals surface area contributed by atoms with Gasteiger partial charge in [0.25, 0.3) is 0 Å². The Morgan fingerprint density at radius 1 is 0.950 bits per heavy atom. The molecular formula is C28H31F6N5S. The van der Waals surface area contributed by atoms with E-state index >= 15 is 0 Å². The summed E-state index contributed by atoms with van der Waals surface area (Å²) in [7, 11) is 0. The lowest BCUT2D eigenvalue weighted by atomic mass is 10.0. The lowest BCUT2D eigenvalue weighted by Gasteiger charge is -2.25. The number of rotatable bonds is 4. The SMILES string of the molecule is CC(=NC(=Nc1ccc(C(F)(F)F)cc1)C1=C(N)CCN(c2ncccc2C(F)(F)F)CC1)SC1CCCCC1. The lowest BCUT2D eigenvalue weighted by molar-refractivity contribution is -0.138. The number of amidine groups is 1.